The molecule has 2 aliphatic rings. The standard InChI is InChI=1S/C19H15N3O4/c23-18-13-4-3-12(19(24)25)8-14(13)21-17-11(5-6-22(17)18)7-15-16(10-1-2-10)26-9-20-15/h3-4,7-10H,1-2,5-6H2,(H,24,25)/b11-7+. The number of carboxylic acids is 1. The summed E-state index contributed by atoms with van der Waals surface area (Å²) in [5.41, 5.74) is 2.08. The summed E-state index contributed by atoms with van der Waals surface area (Å²) in [7, 11) is 0. The van der Waals surface area contributed by atoms with Crippen molar-refractivity contribution in [3.05, 3.63) is 57.8 Å². The van der Waals surface area contributed by atoms with Crippen LogP contribution in [0.4, 0.5) is 0 Å². The van der Waals surface area contributed by atoms with Crippen molar-refractivity contribution in [3.8, 4) is 0 Å². The van der Waals surface area contributed by atoms with Crippen molar-refractivity contribution in [2.45, 2.75) is 31.7 Å². The van der Waals surface area contributed by atoms with E-state index in [0.29, 0.717) is 35.6 Å². The topological polar surface area (TPSA) is 98.2 Å². The third-order valence-electron chi connectivity index (χ3n) is 4.98. The molecule has 7 nitrogen and oxygen atoms in total. The minimum Gasteiger partial charge on any atom is -0.478 e. The molecule has 0 unspecified atom stereocenters. The molecule has 3 heterocycles. The lowest BCUT2D eigenvalue weighted by Crippen LogP contribution is -2.21. The molecule has 0 atom stereocenters. The molecule has 0 bridgehead atoms. The summed E-state index contributed by atoms with van der Waals surface area (Å²) in [4.78, 5) is 32.8. The Kier molecular flexibility index (Phi) is 3.12. The predicted molar refractivity (Wildman–Crippen MR) is 93.9 cm³/mol. The van der Waals surface area contributed by atoms with Crippen molar-refractivity contribution < 1.29 is 14.3 Å². The van der Waals surface area contributed by atoms with Crippen LogP contribution in [0.5, 0.6) is 0 Å². The molecule has 1 saturated carbocycles. The summed E-state index contributed by atoms with van der Waals surface area (Å²) in [6, 6.07) is 4.41. The maximum atomic E-state index is 12.7. The number of carboxylic acid groups (broad SMARTS) is 1. The van der Waals surface area contributed by atoms with Crippen molar-refractivity contribution in [1.29, 1.82) is 0 Å². The summed E-state index contributed by atoms with van der Waals surface area (Å²) >= 11 is 0. The van der Waals surface area contributed by atoms with Crippen LogP contribution in [0.2, 0.25) is 0 Å². The van der Waals surface area contributed by atoms with E-state index < -0.39 is 5.97 Å². The van der Waals surface area contributed by atoms with Gasteiger partial charge in [0.2, 0.25) is 0 Å². The van der Waals surface area contributed by atoms with E-state index in [9.17, 15) is 14.7 Å². The first-order valence-corrected chi connectivity index (χ1v) is 8.54. The highest BCUT2D eigenvalue weighted by Crippen LogP contribution is 2.42. The van der Waals surface area contributed by atoms with Crippen LogP contribution in [0.1, 0.15) is 52.8 Å². The molecule has 1 N–H and O–H groups in total. The fourth-order valence-electron chi connectivity index (χ4n) is 3.48. The zero-order valence-electron chi connectivity index (χ0n) is 13.8. The molecule has 1 aliphatic heterocycles. The van der Waals surface area contributed by atoms with Gasteiger partial charge >= 0.3 is 5.97 Å². The molecule has 26 heavy (non-hydrogen) atoms. The average molecular weight is 349 g/mol. The van der Waals surface area contributed by atoms with Crippen molar-refractivity contribution >= 4 is 28.5 Å². The van der Waals surface area contributed by atoms with Gasteiger partial charge in [-0.3, -0.25) is 9.36 Å². The number of benzene rings is 1. The van der Waals surface area contributed by atoms with Crippen molar-refractivity contribution in [2.24, 2.45) is 0 Å². The zero-order chi connectivity index (χ0) is 17.8. The van der Waals surface area contributed by atoms with Gasteiger partial charge in [0.1, 0.15) is 17.3 Å². The number of hydrogen-bond acceptors (Lipinski definition) is 5. The van der Waals surface area contributed by atoms with E-state index in [-0.39, 0.29) is 11.1 Å². The summed E-state index contributed by atoms with van der Waals surface area (Å²) < 4.78 is 7.16. The number of rotatable bonds is 3. The highest BCUT2D eigenvalue weighted by atomic mass is 16.4. The highest BCUT2D eigenvalue weighted by molar-refractivity contribution is 5.93. The first kappa shape index (κ1) is 15.1. The normalized spacial score (nSPS) is 17.8. The van der Waals surface area contributed by atoms with Crippen LogP contribution >= 0.6 is 0 Å². The van der Waals surface area contributed by atoms with Gasteiger partial charge in [0.25, 0.3) is 5.56 Å². The van der Waals surface area contributed by atoms with E-state index in [1.54, 1.807) is 4.57 Å². The van der Waals surface area contributed by atoms with Crippen molar-refractivity contribution in [3.63, 3.8) is 0 Å². The minimum atomic E-state index is -1.04. The number of carbonyl (C=O) groups is 1. The number of hydrogen-bond donors (Lipinski definition) is 1. The maximum Gasteiger partial charge on any atom is 0.335 e. The molecule has 7 heteroatoms. The fraction of sp³-hybridized carbons (Fsp3) is 0.263. The predicted octanol–water partition coefficient (Wildman–Crippen LogP) is 2.90. The lowest BCUT2D eigenvalue weighted by atomic mass is 10.1. The first-order valence-electron chi connectivity index (χ1n) is 8.54. The van der Waals surface area contributed by atoms with Crippen LogP contribution in [-0.2, 0) is 6.54 Å². The van der Waals surface area contributed by atoms with Gasteiger partial charge in [0, 0.05) is 12.5 Å². The Hall–Kier alpha value is -3.22. The molecule has 1 fully saturated rings. The number of allylic oxidation sites excluding steroid dienone is 1. The van der Waals surface area contributed by atoms with Crippen LogP contribution < -0.4 is 5.56 Å². The minimum absolute atomic E-state index is 0.116. The second kappa shape index (κ2) is 5.39. The van der Waals surface area contributed by atoms with Gasteiger partial charge in [-0.2, -0.15) is 0 Å². The molecule has 0 amide bonds. The molecular formula is C19H15N3O4. The summed E-state index contributed by atoms with van der Waals surface area (Å²) in [6.45, 7) is 0.556. The van der Waals surface area contributed by atoms with Gasteiger partial charge in [0.05, 0.1) is 16.5 Å². The van der Waals surface area contributed by atoms with Gasteiger partial charge in [-0.1, -0.05) is 0 Å². The van der Waals surface area contributed by atoms with Gasteiger partial charge in [-0.15, -0.1) is 0 Å². The van der Waals surface area contributed by atoms with Crippen molar-refractivity contribution in [2.75, 3.05) is 0 Å². The average Bonchev–Trinajstić information content (AvgIpc) is 3.24. The van der Waals surface area contributed by atoms with Gasteiger partial charge in [0.15, 0.2) is 6.39 Å². The SMILES string of the molecule is O=C(O)c1ccc2c(=O)n3c(nc2c1)/C(=C/c1ncoc1C1CC1)CC3. The van der Waals surface area contributed by atoms with Crippen LogP contribution in [0.25, 0.3) is 22.6 Å². The molecule has 0 radical (unpaired) electrons. The van der Waals surface area contributed by atoms with E-state index in [1.807, 2.05) is 6.08 Å². The van der Waals surface area contributed by atoms with E-state index in [4.69, 9.17) is 4.42 Å². The van der Waals surface area contributed by atoms with Crippen LogP contribution in [0.3, 0.4) is 0 Å². The van der Waals surface area contributed by atoms with Crippen molar-refractivity contribution in [1.82, 2.24) is 14.5 Å². The van der Waals surface area contributed by atoms with Crippen LogP contribution in [-0.4, -0.2) is 25.6 Å². The quantitative estimate of drug-likeness (QED) is 0.781. The van der Waals surface area contributed by atoms with Crippen LogP contribution in [0, 0.1) is 0 Å². The molecule has 1 aromatic carbocycles. The Morgan fingerprint density at radius 2 is 2.19 bits per heavy atom. The molecule has 130 valence electrons. The second-order valence-electron chi connectivity index (χ2n) is 6.72. The Morgan fingerprint density at radius 3 is 2.96 bits per heavy atom. The third-order valence-corrected chi connectivity index (χ3v) is 4.98. The Balaban J connectivity index is 1.67. The fourth-order valence-corrected chi connectivity index (χ4v) is 3.48. The molecule has 0 saturated heterocycles. The summed E-state index contributed by atoms with van der Waals surface area (Å²) in [6.07, 6.45) is 6.30. The molecule has 2 aromatic heterocycles. The second-order valence-corrected chi connectivity index (χ2v) is 6.72. The molecule has 1 aliphatic carbocycles. The Labute approximate surface area is 147 Å². The Bertz CT molecular complexity index is 1150. The van der Waals surface area contributed by atoms with Gasteiger partial charge in [-0.05, 0) is 49.1 Å². The summed E-state index contributed by atoms with van der Waals surface area (Å²) in [5.74, 6) is 0.874. The number of nitrogens with zero attached hydrogens (tertiary/aromatic N) is 3. The van der Waals surface area contributed by atoms with Gasteiger partial charge in [-0.25, -0.2) is 14.8 Å². The lowest BCUT2D eigenvalue weighted by Gasteiger charge is -2.06. The first-order chi connectivity index (χ1) is 12.6. The van der Waals surface area contributed by atoms with E-state index in [1.165, 1.54) is 24.6 Å². The largest absolute Gasteiger partial charge is 0.478 e. The molecule has 3 aromatic rings. The number of fused-ring (bicyclic) bond motifs is 2. The summed E-state index contributed by atoms with van der Waals surface area (Å²) in [5, 5.41) is 9.61. The molecule has 5 rings (SSSR count). The monoisotopic (exact) mass is 349 g/mol. The zero-order valence-corrected chi connectivity index (χ0v) is 13.8. The van der Waals surface area contributed by atoms with Crippen LogP contribution in [0.15, 0.2) is 33.8 Å². The third kappa shape index (κ3) is 2.28. The maximum absolute atomic E-state index is 12.7. The molecular weight excluding hydrogens is 334 g/mol. The van der Waals surface area contributed by atoms with Gasteiger partial charge < -0.3 is 9.52 Å². The molecule has 0 spiro atoms. The number of oxazole rings is 1. The highest BCUT2D eigenvalue weighted by Gasteiger charge is 2.30. The smallest absolute Gasteiger partial charge is 0.335 e. The Morgan fingerprint density at radius 1 is 1.35 bits per heavy atom. The van der Waals surface area contributed by atoms with E-state index >= 15 is 0 Å². The number of aromatic nitrogens is 3. The van der Waals surface area contributed by atoms with E-state index in [2.05, 4.69) is 9.97 Å². The lowest BCUT2D eigenvalue weighted by molar-refractivity contribution is 0.0697. The number of aromatic carboxylic acids is 1. The van der Waals surface area contributed by atoms with E-state index in [0.717, 1.165) is 29.9 Å².